The normalized spacial score (nSPS) is 15.6. The number of halogens is 2. The van der Waals surface area contributed by atoms with Crippen molar-refractivity contribution in [3.8, 4) is 0 Å². The monoisotopic (exact) mass is 495 g/mol. The molecule has 0 aliphatic carbocycles. The zero-order valence-corrected chi connectivity index (χ0v) is 19.8. The standard InChI is InChI=1S/C22H23F2N3O4S2/c1-14(21(28)16-4-7-18(8-5-16)33(3,30)31)32-15(2)22(29,11-27-13-25-12-26-27)19-9-6-17(23)10-20(19)24/h4-10,12-15,29H,11H2,1-3H3/t14-,15-,22-/m1/s1. The van der Waals surface area contributed by atoms with Crippen molar-refractivity contribution in [1.29, 1.82) is 0 Å². The van der Waals surface area contributed by atoms with E-state index in [1.807, 2.05) is 0 Å². The summed E-state index contributed by atoms with van der Waals surface area (Å²) in [6.07, 6.45) is 3.71. The molecule has 3 aromatic rings. The van der Waals surface area contributed by atoms with E-state index in [4.69, 9.17) is 0 Å². The second-order valence-corrected chi connectivity index (χ2v) is 11.4. The van der Waals surface area contributed by atoms with E-state index in [2.05, 4.69) is 10.1 Å². The summed E-state index contributed by atoms with van der Waals surface area (Å²) >= 11 is 1.11. The molecule has 176 valence electrons. The molecule has 1 aromatic heterocycles. The molecule has 3 rings (SSSR count). The van der Waals surface area contributed by atoms with Gasteiger partial charge in [-0.25, -0.2) is 26.9 Å². The summed E-state index contributed by atoms with van der Waals surface area (Å²) in [4.78, 5) is 16.9. The fourth-order valence-corrected chi connectivity index (χ4v) is 5.35. The van der Waals surface area contributed by atoms with Gasteiger partial charge in [0.2, 0.25) is 0 Å². The molecular weight excluding hydrogens is 472 g/mol. The van der Waals surface area contributed by atoms with Gasteiger partial charge >= 0.3 is 0 Å². The maximum atomic E-state index is 14.7. The van der Waals surface area contributed by atoms with Crippen LogP contribution in [-0.4, -0.2) is 50.8 Å². The van der Waals surface area contributed by atoms with Crippen LogP contribution in [0.3, 0.4) is 0 Å². The largest absolute Gasteiger partial charge is 0.382 e. The van der Waals surface area contributed by atoms with Gasteiger partial charge in [0.25, 0.3) is 0 Å². The van der Waals surface area contributed by atoms with E-state index in [9.17, 15) is 27.1 Å². The van der Waals surface area contributed by atoms with Crippen molar-refractivity contribution in [2.45, 2.75) is 41.4 Å². The van der Waals surface area contributed by atoms with E-state index in [1.54, 1.807) is 13.8 Å². The van der Waals surface area contributed by atoms with Gasteiger partial charge in [-0.2, -0.15) is 5.10 Å². The Morgan fingerprint density at radius 1 is 1.18 bits per heavy atom. The third-order valence-corrected chi connectivity index (χ3v) is 7.83. The Morgan fingerprint density at radius 2 is 1.85 bits per heavy atom. The Kier molecular flexibility index (Phi) is 7.35. The van der Waals surface area contributed by atoms with Crippen LogP contribution in [0.2, 0.25) is 0 Å². The van der Waals surface area contributed by atoms with Gasteiger partial charge in [0.1, 0.15) is 29.9 Å². The van der Waals surface area contributed by atoms with Crippen LogP contribution < -0.4 is 0 Å². The summed E-state index contributed by atoms with van der Waals surface area (Å²) in [7, 11) is -3.39. The summed E-state index contributed by atoms with van der Waals surface area (Å²) in [5.74, 6) is -1.98. The molecule has 0 radical (unpaired) electrons. The predicted octanol–water partition coefficient (Wildman–Crippen LogP) is 3.24. The topological polar surface area (TPSA) is 102 Å². The second-order valence-electron chi connectivity index (χ2n) is 7.72. The smallest absolute Gasteiger partial charge is 0.175 e. The molecular formula is C22H23F2N3O4S2. The minimum atomic E-state index is -3.39. The SMILES string of the molecule is C[C@@H](S[C@H](C)[C@](O)(Cn1cncn1)c1ccc(F)cc1F)C(=O)c1ccc(S(C)(=O)=O)cc1. The second kappa shape index (κ2) is 9.70. The van der Waals surface area contributed by atoms with Crippen LogP contribution in [0.4, 0.5) is 8.78 Å². The number of hydrogen-bond acceptors (Lipinski definition) is 7. The third kappa shape index (κ3) is 5.66. The number of sulfone groups is 1. The number of nitrogens with zero attached hydrogens (tertiary/aromatic N) is 3. The van der Waals surface area contributed by atoms with Crippen LogP contribution in [0.1, 0.15) is 29.8 Å². The van der Waals surface area contributed by atoms with Crippen LogP contribution in [0.15, 0.2) is 60.0 Å². The predicted molar refractivity (Wildman–Crippen MR) is 121 cm³/mol. The lowest BCUT2D eigenvalue weighted by Gasteiger charge is -2.35. The number of ketones is 1. The Bertz CT molecular complexity index is 1240. The van der Waals surface area contributed by atoms with Crippen molar-refractivity contribution in [1.82, 2.24) is 14.8 Å². The molecule has 0 amide bonds. The summed E-state index contributed by atoms with van der Waals surface area (Å²) < 4.78 is 52.7. The van der Waals surface area contributed by atoms with Crippen LogP contribution >= 0.6 is 11.8 Å². The van der Waals surface area contributed by atoms with Gasteiger partial charge in [-0.3, -0.25) is 4.79 Å². The lowest BCUT2D eigenvalue weighted by molar-refractivity contribution is 0.0132. The van der Waals surface area contributed by atoms with Crippen LogP contribution in [0.5, 0.6) is 0 Å². The van der Waals surface area contributed by atoms with Crippen molar-refractivity contribution >= 4 is 27.4 Å². The third-order valence-electron chi connectivity index (χ3n) is 5.28. The van der Waals surface area contributed by atoms with Crippen molar-refractivity contribution in [3.05, 3.63) is 77.9 Å². The molecule has 0 fully saturated rings. The van der Waals surface area contributed by atoms with Crippen molar-refractivity contribution in [2.75, 3.05) is 6.26 Å². The number of aliphatic hydroxyl groups is 1. The Morgan fingerprint density at radius 3 is 2.39 bits per heavy atom. The van der Waals surface area contributed by atoms with Gasteiger partial charge in [-0.1, -0.05) is 25.1 Å². The van der Waals surface area contributed by atoms with Gasteiger partial charge in [0.05, 0.1) is 16.7 Å². The van der Waals surface area contributed by atoms with Gasteiger partial charge < -0.3 is 5.11 Å². The molecule has 7 nitrogen and oxygen atoms in total. The first-order valence-electron chi connectivity index (χ1n) is 9.92. The molecule has 2 aromatic carbocycles. The summed E-state index contributed by atoms with van der Waals surface area (Å²) in [5, 5.41) is 14.2. The molecule has 0 saturated carbocycles. The van der Waals surface area contributed by atoms with Crippen molar-refractivity contribution < 1.29 is 27.1 Å². The van der Waals surface area contributed by atoms with E-state index in [-0.39, 0.29) is 22.8 Å². The van der Waals surface area contributed by atoms with Gasteiger partial charge in [-0.05, 0) is 25.1 Å². The minimum Gasteiger partial charge on any atom is -0.382 e. The molecule has 11 heteroatoms. The number of benzene rings is 2. The van der Waals surface area contributed by atoms with E-state index in [1.165, 1.54) is 47.7 Å². The molecule has 0 aliphatic heterocycles. The molecule has 0 bridgehead atoms. The maximum Gasteiger partial charge on any atom is 0.175 e. The first-order valence-corrected chi connectivity index (χ1v) is 12.8. The molecule has 0 spiro atoms. The highest BCUT2D eigenvalue weighted by Gasteiger charge is 2.41. The number of carbonyl (C=O) groups is 1. The average Bonchev–Trinajstić information content (AvgIpc) is 3.25. The maximum absolute atomic E-state index is 14.7. The molecule has 1 heterocycles. The molecule has 0 aliphatic rings. The number of carbonyl (C=O) groups excluding carboxylic acids is 1. The molecule has 3 atom stereocenters. The zero-order chi connectivity index (χ0) is 24.4. The fourth-order valence-electron chi connectivity index (χ4n) is 3.42. The molecule has 0 saturated heterocycles. The van der Waals surface area contributed by atoms with Crippen LogP contribution in [0.25, 0.3) is 0 Å². The number of thioether (sulfide) groups is 1. The Balaban J connectivity index is 1.86. The van der Waals surface area contributed by atoms with Gasteiger partial charge in [-0.15, -0.1) is 11.8 Å². The van der Waals surface area contributed by atoms with Gasteiger partial charge in [0, 0.05) is 28.7 Å². The summed E-state index contributed by atoms with van der Waals surface area (Å²) in [5.41, 5.74) is -1.66. The van der Waals surface area contributed by atoms with Crippen LogP contribution in [0, 0.1) is 11.6 Å². The number of hydrogen-bond donors (Lipinski definition) is 1. The Hall–Kier alpha value is -2.63. The first kappa shape index (κ1) is 25.0. The Labute approximate surface area is 194 Å². The molecule has 33 heavy (non-hydrogen) atoms. The quantitative estimate of drug-likeness (QED) is 0.455. The average molecular weight is 496 g/mol. The highest BCUT2D eigenvalue weighted by molar-refractivity contribution is 8.01. The highest BCUT2D eigenvalue weighted by Crippen LogP contribution is 2.38. The van der Waals surface area contributed by atoms with E-state index < -0.39 is 37.6 Å². The lowest BCUT2D eigenvalue weighted by Crippen LogP contribution is -2.42. The number of aromatic nitrogens is 3. The van der Waals surface area contributed by atoms with Crippen molar-refractivity contribution in [2.24, 2.45) is 0 Å². The van der Waals surface area contributed by atoms with E-state index in [0.29, 0.717) is 11.6 Å². The van der Waals surface area contributed by atoms with Crippen LogP contribution in [-0.2, 0) is 22.0 Å². The molecule has 1 N–H and O–H groups in total. The lowest BCUT2D eigenvalue weighted by atomic mass is 9.90. The minimum absolute atomic E-state index is 0.0988. The van der Waals surface area contributed by atoms with E-state index >= 15 is 0 Å². The van der Waals surface area contributed by atoms with Crippen molar-refractivity contribution in [3.63, 3.8) is 0 Å². The first-order chi connectivity index (χ1) is 15.4. The van der Waals surface area contributed by atoms with E-state index in [0.717, 1.165) is 24.1 Å². The highest BCUT2D eigenvalue weighted by atomic mass is 32.2. The zero-order valence-electron chi connectivity index (χ0n) is 18.1. The summed E-state index contributed by atoms with van der Waals surface area (Å²) in [6.45, 7) is 3.11. The fraction of sp³-hybridized carbons (Fsp3) is 0.318. The number of Topliss-reactive ketones (excluding diaryl/α,β-unsaturated/α-hetero) is 1. The number of rotatable bonds is 9. The van der Waals surface area contributed by atoms with Gasteiger partial charge in [0.15, 0.2) is 15.6 Å². The summed E-state index contributed by atoms with van der Waals surface area (Å²) in [6, 6.07) is 8.51. The molecule has 0 unspecified atom stereocenters.